The molecule has 0 saturated carbocycles. The summed E-state index contributed by atoms with van der Waals surface area (Å²) >= 11 is 0. The molecule has 1 aromatic heterocycles. The van der Waals surface area contributed by atoms with Gasteiger partial charge in [-0.1, -0.05) is 0 Å². The SMILES string of the molecule is Cc1nc2ccc(C(F)(F)F)cc2n1C. The lowest BCUT2D eigenvalue weighted by Gasteiger charge is -2.06. The van der Waals surface area contributed by atoms with Gasteiger partial charge in [-0.05, 0) is 25.1 Å². The summed E-state index contributed by atoms with van der Waals surface area (Å²) in [6, 6.07) is 3.56. The Morgan fingerprint density at radius 1 is 1.27 bits per heavy atom. The van der Waals surface area contributed by atoms with Crippen LogP contribution in [0.5, 0.6) is 0 Å². The third kappa shape index (κ3) is 1.58. The Kier molecular flexibility index (Phi) is 1.99. The highest BCUT2D eigenvalue weighted by atomic mass is 19.4. The molecule has 2 nitrogen and oxygen atoms in total. The van der Waals surface area contributed by atoms with Crippen LogP contribution < -0.4 is 0 Å². The molecule has 1 aromatic carbocycles. The van der Waals surface area contributed by atoms with Gasteiger partial charge in [0.05, 0.1) is 16.6 Å². The highest BCUT2D eigenvalue weighted by Gasteiger charge is 2.30. The van der Waals surface area contributed by atoms with E-state index in [1.807, 2.05) is 0 Å². The molecule has 2 rings (SSSR count). The minimum absolute atomic E-state index is 0.502. The fraction of sp³-hybridized carbons (Fsp3) is 0.300. The first-order chi connectivity index (χ1) is 6.89. The largest absolute Gasteiger partial charge is 0.416 e. The van der Waals surface area contributed by atoms with Gasteiger partial charge in [0.1, 0.15) is 5.82 Å². The monoisotopic (exact) mass is 214 g/mol. The summed E-state index contributed by atoms with van der Waals surface area (Å²) in [4.78, 5) is 4.13. The third-order valence-corrected chi connectivity index (χ3v) is 2.43. The number of hydrogen-bond donors (Lipinski definition) is 0. The lowest BCUT2D eigenvalue weighted by molar-refractivity contribution is -0.137. The topological polar surface area (TPSA) is 17.8 Å². The van der Waals surface area contributed by atoms with Crippen molar-refractivity contribution in [3.63, 3.8) is 0 Å². The summed E-state index contributed by atoms with van der Waals surface area (Å²) in [7, 11) is 1.70. The molecule has 0 bridgehead atoms. The number of benzene rings is 1. The maximum atomic E-state index is 12.4. The molecule has 0 aliphatic rings. The molecule has 0 saturated heterocycles. The Morgan fingerprint density at radius 2 is 1.93 bits per heavy atom. The van der Waals surface area contributed by atoms with Crippen molar-refractivity contribution < 1.29 is 13.2 Å². The van der Waals surface area contributed by atoms with Gasteiger partial charge in [-0.3, -0.25) is 0 Å². The Bertz CT molecular complexity index is 511. The van der Waals surface area contributed by atoms with E-state index in [9.17, 15) is 13.2 Å². The zero-order valence-electron chi connectivity index (χ0n) is 8.26. The smallest absolute Gasteiger partial charge is 0.331 e. The summed E-state index contributed by atoms with van der Waals surface area (Å²) < 4.78 is 38.9. The molecule has 2 aromatic rings. The van der Waals surface area contributed by atoms with Gasteiger partial charge < -0.3 is 4.57 Å². The predicted molar refractivity (Wildman–Crippen MR) is 50.5 cm³/mol. The van der Waals surface area contributed by atoms with E-state index in [1.165, 1.54) is 6.07 Å². The molecule has 0 amide bonds. The molecule has 0 aliphatic carbocycles. The number of nitrogens with zero attached hydrogens (tertiary/aromatic N) is 2. The molecule has 0 aliphatic heterocycles. The predicted octanol–water partition coefficient (Wildman–Crippen LogP) is 2.90. The number of fused-ring (bicyclic) bond motifs is 1. The second-order valence-electron chi connectivity index (χ2n) is 3.42. The van der Waals surface area contributed by atoms with Crippen LogP contribution in [0.2, 0.25) is 0 Å². The fourth-order valence-electron chi connectivity index (χ4n) is 1.49. The molecule has 0 N–H and O–H groups in total. The molecular formula is C10H9F3N2. The Morgan fingerprint density at radius 3 is 2.53 bits per heavy atom. The number of rotatable bonds is 0. The average molecular weight is 214 g/mol. The minimum Gasteiger partial charge on any atom is -0.331 e. The van der Waals surface area contributed by atoms with Crippen molar-refractivity contribution in [2.45, 2.75) is 13.1 Å². The molecule has 1 heterocycles. The summed E-state index contributed by atoms with van der Waals surface area (Å²) in [5.74, 6) is 0.698. The van der Waals surface area contributed by atoms with Crippen LogP contribution in [0.3, 0.4) is 0 Å². The zero-order valence-corrected chi connectivity index (χ0v) is 8.26. The van der Waals surface area contributed by atoms with Crippen LogP contribution in [0.25, 0.3) is 11.0 Å². The summed E-state index contributed by atoms with van der Waals surface area (Å²) in [6.07, 6.45) is -4.30. The number of halogens is 3. The van der Waals surface area contributed by atoms with Gasteiger partial charge >= 0.3 is 6.18 Å². The number of aryl methyl sites for hydroxylation is 2. The second kappa shape index (κ2) is 2.98. The number of alkyl halides is 3. The van der Waals surface area contributed by atoms with Crippen LogP contribution in [0.15, 0.2) is 18.2 Å². The Labute approximate surface area is 84.3 Å². The van der Waals surface area contributed by atoms with E-state index in [0.717, 1.165) is 12.1 Å². The van der Waals surface area contributed by atoms with E-state index in [4.69, 9.17) is 0 Å². The zero-order chi connectivity index (χ0) is 11.2. The normalized spacial score (nSPS) is 12.3. The molecule has 0 spiro atoms. The molecule has 5 heteroatoms. The number of hydrogen-bond acceptors (Lipinski definition) is 1. The lowest BCUT2D eigenvalue weighted by atomic mass is 10.2. The van der Waals surface area contributed by atoms with Crippen LogP contribution in [-0.4, -0.2) is 9.55 Å². The maximum absolute atomic E-state index is 12.4. The van der Waals surface area contributed by atoms with Crippen LogP contribution in [0.4, 0.5) is 13.2 Å². The van der Waals surface area contributed by atoms with Gasteiger partial charge in [0, 0.05) is 7.05 Å². The Balaban J connectivity index is 2.70. The van der Waals surface area contributed by atoms with Crippen LogP contribution in [0.1, 0.15) is 11.4 Å². The molecule has 15 heavy (non-hydrogen) atoms. The van der Waals surface area contributed by atoms with Crippen molar-refractivity contribution in [1.29, 1.82) is 0 Å². The average Bonchev–Trinajstić information content (AvgIpc) is 2.41. The standard InChI is InChI=1S/C10H9F3N2/c1-6-14-8-4-3-7(10(11,12)13)5-9(8)15(6)2/h3-5H,1-2H3. The molecule has 0 atom stereocenters. The Hall–Kier alpha value is -1.52. The van der Waals surface area contributed by atoms with Gasteiger partial charge in [0.25, 0.3) is 0 Å². The molecule has 0 unspecified atom stereocenters. The first kappa shape index (κ1) is 10.0. The minimum atomic E-state index is -4.30. The van der Waals surface area contributed by atoms with Crippen molar-refractivity contribution in [2.75, 3.05) is 0 Å². The lowest BCUT2D eigenvalue weighted by Crippen LogP contribution is -2.04. The van der Waals surface area contributed by atoms with Gasteiger partial charge in [0.2, 0.25) is 0 Å². The van der Waals surface area contributed by atoms with Gasteiger partial charge in [-0.2, -0.15) is 13.2 Å². The van der Waals surface area contributed by atoms with Gasteiger partial charge in [0.15, 0.2) is 0 Å². The van der Waals surface area contributed by atoms with E-state index >= 15 is 0 Å². The van der Waals surface area contributed by atoms with Gasteiger partial charge in [-0.25, -0.2) is 4.98 Å². The van der Waals surface area contributed by atoms with E-state index in [1.54, 1.807) is 18.5 Å². The van der Waals surface area contributed by atoms with Crippen LogP contribution in [-0.2, 0) is 13.2 Å². The fourth-order valence-corrected chi connectivity index (χ4v) is 1.49. The summed E-state index contributed by atoms with van der Waals surface area (Å²) in [5, 5.41) is 0. The second-order valence-corrected chi connectivity index (χ2v) is 3.42. The molecule has 80 valence electrons. The van der Waals surface area contributed by atoms with Crippen molar-refractivity contribution in [1.82, 2.24) is 9.55 Å². The highest BCUT2D eigenvalue weighted by molar-refractivity contribution is 5.76. The van der Waals surface area contributed by atoms with E-state index in [-0.39, 0.29) is 0 Å². The first-order valence-corrected chi connectivity index (χ1v) is 4.40. The first-order valence-electron chi connectivity index (χ1n) is 4.40. The quantitative estimate of drug-likeness (QED) is 0.659. The molecular weight excluding hydrogens is 205 g/mol. The van der Waals surface area contributed by atoms with Crippen molar-refractivity contribution in [3.05, 3.63) is 29.6 Å². The van der Waals surface area contributed by atoms with Crippen LogP contribution in [0, 0.1) is 6.92 Å². The summed E-state index contributed by atoms with van der Waals surface area (Å²) in [6.45, 7) is 1.76. The third-order valence-electron chi connectivity index (χ3n) is 2.43. The maximum Gasteiger partial charge on any atom is 0.416 e. The van der Waals surface area contributed by atoms with E-state index < -0.39 is 11.7 Å². The van der Waals surface area contributed by atoms with Crippen molar-refractivity contribution in [3.8, 4) is 0 Å². The van der Waals surface area contributed by atoms with Crippen molar-refractivity contribution in [2.24, 2.45) is 7.05 Å². The van der Waals surface area contributed by atoms with Crippen LogP contribution >= 0.6 is 0 Å². The van der Waals surface area contributed by atoms with E-state index in [0.29, 0.717) is 16.9 Å². The highest BCUT2D eigenvalue weighted by Crippen LogP contribution is 2.31. The van der Waals surface area contributed by atoms with Crippen molar-refractivity contribution >= 4 is 11.0 Å². The number of imidazole rings is 1. The molecule has 0 fully saturated rings. The molecule has 0 radical (unpaired) electrons. The van der Waals surface area contributed by atoms with E-state index in [2.05, 4.69) is 4.98 Å². The number of aromatic nitrogens is 2. The summed E-state index contributed by atoms with van der Waals surface area (Å²) in [5.41, 5.74) is 0.448. The van der Waals surface area contributed by atoms with Gasteiger partial charge in [-0.15, -0.1) is 0 Å².